The summed E-state index contributed by atoms with van der Waals surface area (Å²) in [5.74, 6) is 0.697. The molecule has 0 amide bonds. The smallest absolute Gasteiger partial charge is 0.306 e. The molecular weight excluding hydrogens is 821 g/mol. The van der Waals surface area contributed by atoms with Crippen LogP contribution in [0.2, 0.25) is 0 Å². The van der Waals surface area contributed by atoms with Crippen LogP contribution in [0.25, 0.3) is 0 Å². The summed E-state index contributed by atoms with van der Waals surface area (Å²) in [6, 6.07) is 0. The zero-order chi connectivity index (χ0) is 47.3. The first-order valence-corrected chi connectivity index (χ1v) is 26.5. The number of unbranched alkanes of at least 4 members (excludes halogenated alkanes) is 10. The number of rotatable bonds is 32. The van der Waals surface area contributed by atoms with Gasteiger partial charge in [-0.15, -0.1) is 0 Å². The highest BCUT2D eigenvalue weighted by molar-refractivity contribution is 5.94. The van der Waals surface area contributed by atoms with Crippen LogP contribution in [-0.4, -0.2) is 79.1 Å². The Hall–Kier alpha value is -2.37. The van der Waals surface area contributed by atoms with Gasteiger partial charge in [0.2, 0.25) is 0 Å². The molecule has 0 bridgehead atoms. The van der Waals surface area contributed by atoms with E-state index in [1.54, 1.807) is 6.08 Å². The number of hydrogen-bond acceptors (Lipinski definition) is 10. The van der Waals surface area contributed by atoms with Crippen LogP contribution < -0.4 is 0 Å². The van der Waals surface area contributed by atoms with E-state index in [0.717, 1.165) is 89.9 Å². The second kappa shape index (κ2) is 32.4. The Kier molecular flexibility index (Phi) is 28.4. The topological polar surface area (TPSA) is 127 Å². The molecule has 0 aromatic heterocycles. The summed E-state index contributed by atoms with van der Waals surface area (Å²) < 4.78 is 34.7. The van der Waals surface area contributed by atoms with Crippen LogP contribution in [0.1, 0.15) is 209 Å². The first-order chi connectivity index (χ1) is 31.3. The number of carbonyl (C=O) groups excluding carboxylic acids is 3. The number of ether oxygens (including phenoxy) is 6. The van der Waals surface area contributed by atoms with Crippen molar-refractivity contribution in [2.75, 3.05) is 26.4 Å². The average Bonchev–Trinajstić information content (AvgIpc) is 4.06. The Bertz CT molecular complexity index is 1390. The summed E-state index contributed by atoms with van der Waals surface area (Å²) in [5.41, 5.74) is 0. The number of hydrogen-bond donors (Lipinski definition) is 1. The first-order valence-electron chi connectivity index (χ1n) is 26.5. The number of carbonyl (C=O) groups is 3. The largest absolute Gasteiger partial charge is 0.463 e. The molecule has 0 spiro atoms. The maximum absolute atomic E-state index is 12.4. The molecule has 2 saturated heterocycles. The Morgan fingerprint density at radius 1 is 0.662 bits per heavy atom. The fraction of sp³-hybridized carbons (Fsp3) is 0.836. The molecule has 10 heteroatoms. The van der Waals surface area contributed by atoms with Gasteiger partial charge in [-0.05, 0) is 128 Å². The number of aliphatic hydroxyl groups is 1. The summed E-state index contributed by atoms with van der Waals surface area (Å²) >= 11 is 0. The molecule has 2 heterocycles. The molecule has 2 aliphatic carbocycles. The van der Waals surface area contributed by atoms with Crippen LogP contribution in [0.4, 0.5) is 0 Å². The van der Waals surface area contributed by atoms with Crippen molar-refractivity contribution >= 4 is 17.7 Å². The van der Waals surface area contributed by atoms with Gasteiger partial charge in [-0.2, -0.15) is 0 Å². The molecule has 374 valence electrons. The predicted octanol–water partition coefficient (Wildman–Crippen LogP) is 12.9. The number of allylic oxidation sites excluding steroid dienone is 6. The third-order valence-electron chi connectivity index (χ3n) is 13.8. The fourth-order valence-electron chi connectivity index (χ4n) is 10.2. The van der Waals surface area contributed by atoms with Crippen LogP contribution in [0, 0.1) is 29.6 Å². The minimum atomic E-state index is -0.448. The molecule has 4 rings (SSSR count). The highest BCUT2D eigenvalue weighted by Gasteiger charge is 2.43. The molecule has 65 heavy (non-hydrogen) atoms. The van der Waals surface area contributed by atoms with Crippen molar-refractivity contribution < 1.29 is 47.9 Å². The molecule has 10 nitrogen and oxygen atoms in total. The molecular formula is C55H94O10. The van der Waals surface area contributed by atoms with Gasteiger partial charge in [-0.25, -0.2) is 0 Å². The summed E-state index contributed by atoms with van der Waals surface area (Å²) in [7, 11) is 0. The van der Waals surface area contributed by atoms with Crippen molar-refractivity contribution in [3.05, 3.63) is 36.5 Å². The number of ketones is 1. The van der Waals surface area contributed by atoms with Crippen LogP contribution in [0.3, 0.4) is 0 Å². The van der Waals surface area contributed by atoms with Gasteiger partial charge >= 0.3 is 11.9 Å². The minimum Gasteiger partial charge on any atom is -0.463 e. The Morgan fingerprint density at radius 3 is 1.63 bits per heavy atom. The van der Waals surface area contributed by atoms with E-state index in [2.05, 4.69) is 51.2 Å². The predicted molar refractivity (Wildman–Crippen MR) is 260 cm³/mol. The average molecular weight is 915 g/mol. The van der Waals surface area contributed by atoms with Crippen molar-refractivity contribution in [3.8, 4) is 0 Å². The van der Waals surface area contributed by atoms with Crippen molar-refractivity contribution in [2.24, 2.45) is 29.6 Å². The van der Waals surface area contributed by atoms with E-state index in [-0.39, 0.29) is 47.9 Å². The third-order valence-corrected chi connectivity index (χ3v) is 13.8. The summed E-state index contributed by atoms with van der Waals surface area (Å²) in [6.07, 6.45) is 36.9. The Labute approximate surface area is 395 Å². The molecule has 0 aromatic rings. The maximum atomic E-state index is 12.4. The lowest BCUT2D eigenvalue weighted by Crippen LogP contribution is -2.32. The lowest BCUT2D eigenvalue weighted by Gasteiger charge is -2.31. The van der Waals surface area contributed by atoms with Crippen LogP contribution >= 0.6 is 0 Å². The van der Waals surface area contributed by atoms with Gasteiger partial charge in [-0.3, -0.25) is 14.4 Å². The zero-order valence-corrected chi connectivity index (χ0v) is 42.2. The lowest BCUT2D eigenvalue weighted by molar-refractivity contribution is -0.171. The van der Waals surface area contributed by atoms with Crippen LogP contribution in [0.5, 0.6) is 0 Å². The van der Waals surface area contributed by atoms with E-state index >= 15 is 0 Å². The second-order valence-corrected chi connectivity index (χ2v) is 20.0. The highest BCUT2D eigenvalue weighted by Crippen LogP contribution is 2.44. The van der Waals surface area contributed by atoms with Crippen molar-refractivity contribution in [1.29, 1.82) is 0 Å². The van der Waals surface area contributed by atoms with Gasteiger partial charge in [0.15, 0.2) is 17.4 Å². The fourth-order valence-corrected chi connectivity index (χ4v) is 10.2. The van der Waals surface area contributed by atoms with E-state index in [0.29, 0.717) is 57.0 Å². The monoisotopic (exact) mass is 915 g/mol. The molecule has 0 radical (unpaired) electrons. The van der Waals surface area contributed by atoms with Crippen molar-refractivity contribution in [2.45, 2.75) is 239 Å². The normalized spacial score (nSPS) is 24.8. The molecule has 4 aliphatic rings. The molecule has 6 atom stereocenters. The molecule has 0 unspecified atom stereocenters. The van der Waals surface area contributed by atoms with Gasteiger partial charge in [0.1, 0.15) is 0 Å². The standard InChI is InChI=1S/C28H50O5.C27H44O5/c1-5-6-7-10-13-17-28(31-19-20-32-28)18-16-24-23(4)21-26(29)25(24)14-11-8-9-12-15-27(30)33-22(2)3;1-4-5-6-9-12-18-27(30-20-21-31-27)19-17-23-15-16-25(28)24(23)13-10-7-8-11-14-26(29)32-22(2)3/h8,11,22-26,29H,5-7,9-10,12-21H2,1-4H3;7,10,15-16,22-24H,4-6,8-9,11-14,17-21H2,1-3H3/b11-8-;10-7-/t23-,24+,25-,26+;23-,24-/m11/s1. The van der Waals surface area contributed by atoms with Gasteiger partial charge < -0.3 is 33.5 Å². The Morgan fingerprint density at radius 2 is 1.14 bits per heavy atom. The quantitative estimate of drug-likeness (QED) is 0.0396. The zero-order valence-electron chi connectivity index (χ0n) is 42.2. The van der Waals surface area contributed by atoms with E-state index < -0.39 is 11.6 Å². The molecule has 0 aromatic carbocycles. The van der Waals surface area contributed by atoms with Gasteiger partial charge in [0, 0.05) is 44.4 Å². The minimum absolute atomic E-state index is 0.0140. The van der Waals surface area contributed by atoms with Crippen LogP contribution in [-0.2, 0) is 42.8 Å². The van der Waals surface area contributed by atoms with Crippen molar-refractivity contribution in [3.63, 3.8) is 0 Å². The Balaban J connectivity index is 0.000000345. The van der Waals surface area contributed by atoms with Crippen molar-refractivity contribution in [1.82, 2.24) is 0 Å². The van der Waals surface area contributed by atoms with E-state index in [4.69, 9.17) is 28.4 Å². The number of esters is 2. The first kappa shape index (κ1) is 57.0. The molecule has 3 fully saturated rings. The van der Waals surface area contributed by atoms with E-state index in [1.807, 2.05) is 27.7 Å². The third kappa shape index (κ3) is 22.5. The lowest BCUT2D eigenvalue weighted by atomic mass is 9.82. The van der Waals surface area contributed by atoms with E-state index in [1.165, 1.54) is 57.8 Å². The molecule has 1 N–H and O–H groups in total. The summed E-state index contributed by atoms with van der Waals surface area (Å²) in [6.45, 7) is 17.0. The molecule has 1 saturated carbocycles. The SMILES string of the molecule is CCCCCCCC1(CC[C@@H]2[C@@H](C/C=C\CCCC(=O)OC(C)C)[C@@H](O)C[C@H]2C)OCCO1.CCCCCCCC1(CC[C@H]2C=CC(=O)[C@@H]2C/C=C\CCCC(=O)OC(C)C)OCCO1. The highest BCUT2D eigenvalue weighted by atomic mass is 16.7. The summed E-state index contributed by atoms with van der Waals surface area (Å²) in [4.78, 5) is 35.6. The van der Waals surface area contributed by atoms with Crippen LogP contribution in [0.15, 0.2) is 36.5 Å². The molecule has 2 aliphatic heterocycles. The summed E-state index contributed by atoms with van der Waals surface area (Å²) in [5, 5.41) is 10.7. The van der Waals surface area contributed by atoms with Gasteiger partial charge in [0.05, 0.1) is 44.7 Å². The van der Waals surface area contributed by atoms with E-state index in [9.17, 15) is 19.5 Å². The number of aliphatic hydroxyl groups excluding tert-OH is 1. The maximum Gasteiger partial charge on any atom is 0.306 e. The van der Waals surface area contributed by atoms with Gasteiger partial charge in [0.25, 0.3) is 0 Å². The second-order valence-electron chi connectivity index (χ2n) is 20.0. The van der Waals surface area contributed by atoms with Gasteiger partial charge in [-0.1, -0.05) is 103 Å².